The Hall–Kier alpha value is -2.24. The fourth-order valence-electron chi connectivity index (χ4n) is 1.97. The van der Waals surface area contributed by atoms with Crippen molar-refractivity contribution < 1.29 is 9.47 Å². The Kier molecular flexibility index (Phi) is 6.54. The van der Waals surface area contributed by atoms with Crippen molar-refractivity contribution in [2.24, 2.45) is 0 Å². The summed E-state index contributed by atoms with van der Waals surface area (Å²) < 4.78 is 10.8. The first-order valence-electron chi connectivity index (χ1n) is 7.73. The first kappa shape index (κ1) is 16.1. The van der Waals surface area contributed by atoms with Crippen molar-refractivity contribution in [1.82, 2.24) is 0 Å². The third-order valence-electron chi connectivity index (χ3n) is 3.27. The number of benzene rings is 2. The van der Waals surface area contributed by atoms with Crippen LogP contribution >= 0.6 is 0 Å². The molecule has 2 aromatic carbocycles. The lowest BCUT2D eigenvalue weighted by molar-refractivity contribution is 0.110. The summed E-state index contributed by atoms with van der Waals surface area (Å²) in [5.74, 6) is 7.20. The summed E-state index contributed by atoms with van der Waals surface area (Å²) in [7, 11) is 0. The SMILES string of the molecule is CCOCCOc1ccc(C#Cc2ccc(CC)cc2)cc1. The van der Waals surface area contributed by atoms with Crippen LogP contribution in [-0.2, 0) is 11.2 Å². The molecule has 0 N–H and O–H groups in total. The smallest absolute Gasteiger partial charge is 0.119 e. The van der Waals surface area contributed by atoms with Crippen molar-refractivity contribution >= 4 is 0 Å². The van der Waals surface area contributed by atoms with Gasteiger partial charge in [0.05, 0.1) is 6.61 Å². The number of ether oxygens (including phenoxy) is 2. The molecule has 0 heterocycles. The zero-order valence-corrected chi connectivity index (χ0v) is 13.3. The molecular weight excluding hydrogens is 272 g/mol. The van der Waals surface area contributed by atoms with Crippen LogP contribution in [0.3, 0.4) is 0 Å². The summed E-state index contributed by atoms with van der Waals surface area (Å²) in [6.45, 7) is 6.04. The van der Waals surface area contributed by atoms with Gasteiger partial charge < -0.3 is 9.47 Å². The van der Waals surface area contributed by atoms with E-state index in [1.54, 1.807) is 0 Å². The minimum Gasteiger partial charge on any atom is -0.491 e. The molecule has 0 radical (unpaired) electrons. The van der Waals surface area contributed by atoms with Gasteiger partial charge >= 0.3 is 0 Å². The highest BCUT2D eigenvalue weighted by Gasteiger charge is 1.94. The highest BCUT2D eigenvalue weighted by atomic mass is 16.5. The Labute approximate surface area is 133 Å². The Bertz CT molecular complexity index is 615. The van der Waals surface area contributed by atoms with Crippen molar-refractivity contribution in [1.29, 1.82) is 0 Å². The molecule has 0 aromatic heterocycles. The molecule has 0 saturated carbocycles. The van der Waals surface area contributed by atoms with Crippen molar-refractivity contribution in [3.63, 3.8) is 0 Å². The molecule has 2 aromatic rings. The highest BCUT2D eigenvalue weighted by Crippen LogP contribution is 2.11. The molecule has 0 aliphatic rings. The summed E-state index contributed by atoms with van der Waals surface area (Å²) in [6, 6.07) is 16.2. The molecule has 0 unspecified atom stereocenters. The number of aryl methyl sites for hydroxylation is 1. The highest BCUT2D eigenvalue weighted by molar-refractivity contribution is 5.44. The fraction of sp³-hybridized carbons (Fsp3) is 0.300. The Morgan fingerprint density at radius 1 is 0.773 bits per heavy atom. The molecule has 2 rings (SSSR count). The van der Waals surface area contributed by atoms with E-state index in [1.165, 1.54) is 5.56 Å². The Balaban J connectivity index is 1.92. The van der Waals surface area contributed by atoms with Gasteiger partial charge in [0.25, 0.3) is 0 Å². The Morgan fingerprint density at radius 3 is 1.91 bits per heavy atom. The zero-order valence-electron chi connectivity index (χ0n) is 13.3. The number of hydrogen-bond donors (Lipinski definition) is 0. The molecule has 22 heavy (non-hydrogen) atoms. The van der Waals surface area contributed by atoms with Crippen LogP contribution in [0.4, 0.5) is 0 Å². The van der Waals surface area contributed by atoms with Gasteiger partial charge in [-0.15, -0.1) is 0 Å². The van der Waals surface area contributed by atoms with E-state index in [9.17, 15) is 0 Å². The summed E-state index contributed by atoms with van der Waals surface area (Å²) >= 11 is 0. The van der Waals surface area contributed by atoms with Crippen LogP contribution in [0.2, 0.25) is 0 Å². The molecule has 0 saturated heterocycles. The van der Waals surface area contributed by atoms with Crippen molar-refractivity contribution in [2.45, 2.75) is 20.3 Å². The first-order chi connectivity index (χ1) is 10.8. The minimum absolute atomic E-state index is 0.572. The van der Waals surface area contributed by atoms with Crippen LogP contribution < -0.4 is 4.74 Å². The topological polar surface area (TPSA) is 18.5 Å². The van der Waals surface area contributed by atoms with E-state index in [1.807, 2.05) is 31.2 Å². The number of hydrogen-bond acceptors (Lipinski definition) is 2. The van der Waals surface area contributed by atoms with Crippen LogP contribution in [0, 0.1) is 11.8 Å². The Morgan fingerprint density at radius 2 is 1.36 bits per heavy atom. The summed E-state index contributed by atoms with van der Waals surface area (Å²) in [5.41, 5.74) is 3.35. The third kappa shape index (κ3) is 5.27. The normalized spacial score (nSPS) is 9.91. The van der Waals surface area contributed by atoms with Gasteiger partial charge in [-0.25, -0.2) is 0 Å². The molecular formula is C20H22O2. The third-order valence-corrected chi connectivity index (χ3v) is 3.27. The molecule has 0 atom stereocenters. The van der Waals surface area contributed by atoms with Gasteiger partial charge in [0.15, 0.2) is 0 Å². The number of rotatable bonds is 6. The second kappa shape index (κ2) is 8.92. The van der Waals surface area contributed by atoms with Gasteiger partial charge in [0, 0.05) is 17.7 Å². The van der Waals surface area contributed by atoms with Gasteiger partial charge in [0.1, 0.15) is 12.4 Å². The van der Waals surface area contributed by atoms with E-state index in [0.29, 0.717) is 13.2 Å². The van der Waals surface area contributed by atoms with Crippen molar-refractivity contribution in [3.8, 4) is 17.6 Å². The molecule has 0 spiro atoms. The second-order valence-electron chi connectivity index (χ2n) is 4.87. The molecule has 0 aliphatic heterocycles. The average molecular weight is 294 g/mol. The molecule has 2 heteroatoms. The van der Waals surface area contributed by atoms with Crippen LogP contribution in [0.15, 0.2) is 48.5 Å². The fourth-order valence-corrected chi connectivity index (χ4v) is 1.97. The molecule has 0 aliphatic carbocycles. The van der Waals surface area contributed by atoms with Gasteiger partial charge in [0.2, 0.25) is 0 Å². The molecule has 2 nitrogen and oxygen atoms in total. The molecule has 0 amide bonds. The van der Waals surface area contributed by atoms with E-state index in [2.05, 4.69) is 43.0 Å². The standard InChI is InChI=1S/C20H22O2/c1-3-17-5-7-18(8-6-17)9-10-19-11-13-20(14-12-19)22-16-15-21-4-2/h5-8,11-14H,3-4,15-16H2,1-2H3. The van der Waals surface area contributed by atoms with Gasteiger partial charge in [-0.05, 0) is 55.3 Å². The van der Waals surface area contributed by atoms with E-state index in [-0.39, 0.29) is 0 Å². The minimum atomic E-state index is 0.572. The second-order valence-corrected chi connectivity index (χ2v) is 4.87. The van der Waals surface area contributed by atoms with E-state index in [4.69, 9.17) is 9.47 Å². The molecule has 0 fully saturated rings. The van der Waals surface area contributed by atoms with Gasteiger partial charge in [-0.1, -0.05) is 30.9 Å². The molecule has 0 bridgehead atoms. The summed E-state index contributed by atoms with van der Waals surface area (Å²) in [6.07, 6.45) is 1.05. The maximum Gasteiger partial charge on any atom is 0.119 e. The largest absolute Gasteiger partial charge is 0.491 e. The summed E-state index contributed by atoms with van der Waals surface area (Å²) in [5, 5.41) is 0. The predicted octanol–water partition coefficient (Wildman–Crippen LogP) is 4.06. The molecule has 114 valence electrons. The van der Waals surface area contributed by atoms with Crippen LogP contribution in [-0.4, -0.2) is 19.8 Å². The van der Waals surface area contributed by atoms with Crippen LogP contribution in [0.1, 0.15) is 30.5 Å². The lowest BCUT2D eigenvalue weighted by Gasteiger charge is -2.05. The van der Waals surface area contributed by atoms with E-state index < -0.39 is 0 Å². The summed E-state index contributed by atoms with van der Waals surface area (Å²) in [4.78, 5) is 0. The lowest BCUT2D eigenvalue weighted by atomic mass is 10.1. The van der Waals surface area contributed by atoms with Crippen LogP contribution in [0.25, 0.3) is 0 Å². The van der Waals surface area contributed by atoms with Gasteiger partial charge in [-0.3, -0.25) is 0 Å². The lowest BCUT2D eigenvalue weighted by Crippen LogP contribution is -2.06. The predicted molar refractivity (Wildman–Crippen MR) is 90.2 cm³/mol. The van der Waals surface area contributed by atoms with E-state index >= 15 is 0 Å². The maximum atomic E-state index is 5.58. The average Bonchev–Trinajstić information content (AvgIpc) is 2.58. The van der Waals surface area contributed by atoms with Crippen LogP contribution in [0.5, 0.6) is 5.75 Å². The van der Waals surface area contributed by atoms with Crippen molar-refractivity contribution in [2.75, 3.05) is 19.8 Å². The maximum absolute atomic E-state index is 5.58. The van der Waals surface area contributed by atoms with E-state index in [0.717, 1.165) is 29.9 Å². The first-order valence-corrected chi connectivity index (χ1v) is 7.73. The quantitative estimate of drug-likeness (QED) is 0.591. The van der Waals surface area contributed by atoms with Gasteiger partial charge in [-0.2, -0.15) is 0 Å². The monoisotopic (exact) mass is 294 g/mol. The van der Waals surface area contributed by atoms with Crippen molar-refractivity contribution in [3.05, 3.63) is 65.2 Å². The zero-order chi connectivity index (χ0) is 15.6.